The minimum atomic E-state index is -0.339. The molecule has 0 saturated carbocycles. The van der Waals surface area contributed by atoms with Gasteiger partial charge in [-0.3, -0.25) is 18.7 Å². The fourth-order valence-electron chi connectivity index (χ4n) is 2.88. The van der Waals surface area contributed by atoms with Crippen molar-refractivity contribution in [2.45, 2.75) is 6.42 Å². The van der Waals surface area contributed by atoms with Crippen LogP contribution in [0.2, 0.25) is 0 Å². The zero-order valence-electron chi connectivity index (χ0n) is 13.8. The molecule has 0 unspecified atom stereocenters. The summed E-state index contributed by atoms with van der Waals surface area (Å²) in [5, 5.41) is 1.97. The van der Waals surface area contributed by atoms with E-state index in [1.807, 2.05) is 27.3 Å². The first-order valence-electron chi connectivity index (χ1n) is 7.79. The SMILES string of the molecule is Cn1c(N2CCN(C(=O)Cc3cccs3)CC2)cc(=O)n(C)c1=O. The topological polar surface area (TPSA) is 67.5 Å². The van der Waals surface area contributed by atoms with Crippen molar-refractivity contribution < 1.29 is 4.79 Å². The standard InChI is InChI=1S/C16H20N4O3S/c1-17-13(11-14(21)18(2)16(17)23)19-5-7-20(8-6-19)15(22)10-12-4-3-9-24-12/h3-4,9,11H,5-8,10H2,1-2H3. The molecule has 2 aromatic heterocycles. The number of anilines is 1. The Hall–Kier alpha value is -2.35. The summed E-state index contributed by atoms with van der Waals surface area (Å²) in [6.45, 7) is 2.40. The summed E-state index contributed by atoms with van der Waals surface area (Å²) in [5.74, 6) is 0.725. The number of carbonyl (C=O) groups excluding carboxylic acids is 1. The lowest BCUT2D eigenvalue weighted by molar-refractivity contribution is -0.130. The molecule has 1 fully saturated rings. The van der Waals surface area contributed by atoms with Gasteiger partial charge in [0.15, 0.2) is 0 Å². The van der Waals surface area contributed by atoms with Crippen LogP contribution < -0.4 is 16.1 Å². The maximum atomic E-state index is 12.3. The molecule has 2 aromatic rings. The molecule has 7 nitrogen and oxygen atoms in total. The maximum absolute atomic E-state index is 12.3. The summed E-state index contributed by atoms with van der Waals surface area (Å²) in [6, 6.07) is 5.39. The Morgan fingerprint density at radius 3 is 2.46 bits per heavy atom. The Labute approximate surface area is 143 Å². The summed E-state index contributed by atoms with van der Waals surface area (Å²) in [7, 11) is 3.13. The third-order valence-electron chi connectivity index (χ3n) is 4.36. The van der Waals surface area contributed by atoms with Crippen LogP contribution in [0, 0.1) is 0 Å². The lowest BCUT2D eigenvalue weighted by Gasteiger charge is -2.36. The molecule has 0 spiro atoms. The molecule has 1 saturated heterocycles. The highest BCUT2D eigenvalue weighted by molar-refractivity contribution is 7.10. The predicted molar refractivity (Wildman–Crippen MR) is 93.7 cm³/mol. The molecule has 0 aromatic carbocycles. The minimum Gasteiger partial charge on any atom is -0.354 e. The van der Waals surface area contributed by atoms with E-state index in [1.165, 1.54) is 17.7 Å². The second kappa shape index (κ2) is 6.64. The summed E-state index contributed by atoms with van der Waals surface area (Å²) >= 11 is 1.59. The van der Waals surface area contributed by atoms with Crippen LogP contribution in [-0.2, 0) is 25.3 Å². The van der Waals surface area contributed by atoms with Crippen molar-refractivity contribution in [3.63, 3.8) is 0 Å². The molecule has 3 rings (SSSR count). The highest BCUT2D eigenvalue weighted by atomic mass is 32.1. The molecule has 1 amide bonds. The zero-order chi connectivity index (χ0) is 17.3. The summed E-state index contributed by atoms with van der Waals surface area (Å²) in [4.78, 5) is 41.1. The van der Waals surface area contributed by atoms with Crippen LogP contribution in [0.1, 0.15) is 4.88 Å². The molecule has 128 valence electrons. The lowest BCUT2D eigenvalue weighted by Crippen LogP contribution is -2.51. The second-order valence-corrected chi connectivity index (χ2v) is 6.90. The second-order valence-electron chi connectivity index (χ2n) is 5.87. The Morgan fingerprint density at radius 2 is 1.83 bits per heavy atom. The molecule has 0 N–H and O–H groups in total. The number of rotatable bonds is 3. The van der Waals surface area contributed by atoms with Gasteiger partial charge in [0.1, 0.15) is 5.82 Å². The monoisotopic (exact) mass is 348 g/mol. The number of piperazine rings is 1. The van der Waals surface area contributed by atoms with E-state index in [4.69, 9.17) is 0 Å². The molecule has 1 aliphatic heterocycles. The van der Waals surface area contributed by atoms with Crippen molar-refractivity contribution in [3.8, 4) is 0 Å². The zero-order valence-corrected chi connectivity index (χ0v) is 14.6. The number of amides is 1. The average Bonchev–Trinajstić information content (AvgIpc) is 3.09. The van der Waals surface area contributed by atoms with Crippen molar-refractivity contribution in [1.82, 2.24) is 14.0 Å². The molecule has 0 radical (unpaired) electrons. The minimum absolute atomic E-state index is 0.120. The van der Waals surface area contributed by atoms with Crippen LogP contribution in [0.5, 0.6) is 0 Å². The molecule has 3 heterocycles. The van der Waals surface area contributed by atoms with Gasteiger partial charge in [0.25, 0.3) is 5.56 Å². The first-order valence-corrected chi connectivity index (χ1v) is 8.67. The Balaban J connectivity index is 1.68. The van der Waals surface area contributed by atoms with Gasteiger partial charge < -0.3 is 9.80 Å². The quantitative estimate of drug-likeness (QED) is 0.785. The van der Waals surface area contributed by atoms with Gasteiger partial charge in [-0.25, -0.2) is 4.79 Å². The van der Waals surface area contributed by atoms with Gasteiger partial charge in [-0.2, -0.15) is 0 Å². The third kappa shape index (κ3) is 3.14. The van der Waals surface area contributed by atoms with E-state index < -0.39 is 0 Å². The number of aromatic nitrogens is 2. The fourth-order valence-corrected chi connectivity index (χ4v) is 3.58. The molecule has 1 aliphatic rings. The van der Waals surface area contributed by atoms with Crippen LogP contribution in [0.4, 0.5) is 5.82 Å². The van der Waals surface area contributed by atoms with Crippen molar-refractivity contribution in [2.24, 2.45) is 14.1 Å². The lowest BCUT2D eigenvalue weighted by atomic mass is 10.2. The Morgan fingerprint density at radius 1 is 1.12 bits per heavy atom. The highest BCUT2D eigenvalue weighted by Crippen LogP contribution is 2.15. The molecule has 24 heavy (non-hydrogen) atoms. The summed E-state index contributed by atoms with van der Waals surface area (Å²) in [6.07, 6.45) is 0.433. The molecule has 8 heteroatoms. The van der Waals surface area contributed by atoms with E-state index in [2.05, 4.69) is 0 Å². The van der Waals surface area contributed by atoms with Crippen molar-refractivity contribution in [3.05, 3.63) is 49.3 Å². The molecular formula is C16H20N4O3S. The van der Waals surface area contributed by atoms with Crippen LogP contribution in [0.25, 0.3) is 0 Å². The van der Waals surface area contributed by atoms with Gasteiger partial charge in [-0.15, -0.1) is 11.3 Å². The molecule has 0 bridgehead atoms. The van der Waals surface area contributed by atoms with Crippen LogP contribution in [0.15, 0.2) is 33.2 Å². The fraction of sp³-hybridized carbons (Fsp3) is 0.438. The third-order valence-corrected chi connectivity index (χ3v) is 5.24. The van der Waals surface area contributed by atoms with E-state index in [9.17, 15) is 14.4 Å². The van der Waals surface area contributed by atoms with Crippen molar-refractivity contribution in [1.29, 1.82) is 0 Å². The first kappa shape index (κ1) is 16.5. The number of nitrogens with zero attached hydrogens (tertiary/aromatic N) is 4. The van der Waals surface area contributed by atoms with E-state index in [0.717, 1.165) is 9.44 Å². The van der Waals surface area contributed by atoms with Crippen LogP contribution >= 0.6 is 11.3 Å². The molecule has 0 aliphatic carbocycles. The number of thiophene rings is 1. The smallest absolute Gasteiger partial charge is 0.332 e. The Bertz CT molecular complexity index is 845. The summed E-state index contributed by atoms with van der Waals surface area (Å²) < 4.78 is 2.56. The largest absolute Gasteiger partial charge is 0.354 e. The number of hydrogen-bond acceptors (Lipinski definition) is 5. The van der Waals surface area contributed by atoms with Crippen molar-refractivity contribution >= 4 is 23.1 Å². The number of hydrogen-bond donors (Lipinski definition) is 0. The molecule has 0 atom stereocenters. The van der Waals surface area contributed by atoms with Gasteiger partial charge in [0.2, 0.25) is 5.91 Å². The highest BCUT2D eigenvalue weighted by Gasteiger charge is 2.23. The average molecular weight is 348 g/mol. The predicted octanol–water partition coefficient (Wildman–Crippen LogP) is 0.0368. The van der Waals surface area contributed by atoms with Gasteiger partial charge in [0, 0.05) is 51.2 Å². The van der Waals surface area contributed by atoms with Gasteiger partial charge in [-0.1, -0.05) is 6.07 Å². The Kier molecular flexibility index (Phi) is 4.57. The van der Waals surface area contributed by atoms with E-state index >= 15 is 0 Å². The van der Waals surface area contributed by atoms with Gasteiger partial charge in [-0.05, 0) is 11.4 Å². The normalized spacial score (nSPS) is 14.9. The first-order chi connectivity index (χ1) is 11.5. The van der Waals surface area contributed by atoms with E-state index in [1.54, 1.807) is 18.4 Å². The van der Waals surface area contributed by atoms with Crippen LogP contribution in [0.3, 0.4) is 0 Å². The van der Waals surface area contributed by atoms with Gasteiger partial charge >= 0.3 is 5.69 Å². The van der Waals surface area contributed by atoms with Gasteiger partial charge in [0.05, 0.1) is 6.42 Å². The van der Waals surface area contributed by atoms with Crippen LogP contribution in [-0.4, -0.2) is 46.1 Å². The van der Waals surface area contributed by atoms with Crippen molar-refractivity contribution in [2.75, 3.05) is 31.1 Å². The number of carbonyl (C=O) groups is 1. The maximum Gasteiger partial charge on any atom is 0.332 e. The summed E-state index contributed by atoms with van der Waals surface area (Å²) in [5.41, 5.74) is -0.655. The van der Waals surface area contributed by atoms with E-state index in [-0.39, 0.29) is 17.2 Å². The van der Waals surface area contributed by atoms with E-state index in [0.29, 0.717) is 38.4 Å². The molecular weight excluding hydrogens is 328 g/mol.